The lowest BCUT2D eigenvalue weighted by atomic mass is 9.75. The lowest BCUT2D eigenvalue weighted by Crippen LogP contribution is -2.51. The highest BCUT2D eigenvalue weighted by atomic mass is 19.3. The molecule has 2 saturated heterocycles. The number of hydrogen-bond donors (Lipinski definition) is 0. The van der Waals surface area contributed by atoms with E-state index < -0.39 is 17.3 Å². The zero-order chi connectivity index (χ0) is 17.7. The molecule has 0 atom stereocenters. The van der Waals surface area contributed by atoms with Crippen LogP contribution in [0.25, 0.3) is 0 Å². The third-order valence-electron chi connectivity index (χ3n) is 5.84. The van der Waals surface area contributed by atoms with Gasteiger partial charge in [0.05, 0.1) is 23.5 Å². The lowest BCUT2D eigenvalue weighted by Gasteiger charge is -2.42. The number of alkyl halides is 2. The lowest BCUT2D eigenvalue weighted by molar-refractivity contribution is -0.162. The van der Waals surface area contributed by atoms with E-state index in [-0.39, 0.29) is 24.7 Å². The Labute approximate surface area is 144 Å². The summed E-state index contributed by atoms with van der Waals surface area (Å²) in [4.78, 5) is 36.5. The van der Waals surface area contributed by atoms with Gasteiger partial charge in [0.25, 0.3) is 0 Å². The van der Waals surface area contributed by atoms with E-state index in [1.807, 2.05) is 0 Å². The van der Waals surface area contributed by atoms with E-state index >= 15 is 0 Å². The average Bonchev–Trinajstić information content (AvgIpc) is 2.90. The van der Waals surface area contributed by atoms with Crippen molar-refractivity contribution in [2.75, 3.05) is 24.5 Å². The Morgan fingerprint density at radius 1 is 1.08 bits per heavy atom. The van der Waals surface area contributed by atoms with Gasteiger partial charge in [-0.2, -0.15) is 0 Å². The zero-order valence-corrected chi connectivity index (χ0v) is 13.8. The summed E-state index contributed by atoms with van der Waals surface area (Å²) in [5, 5.41) is 0. The number of carbonyl (C=O) groups is 2. The fraction of sp³-hybridized carbons (Fsp3) is 0.647. The number of rotatable bonds is 2. The van der Waals surface area contributed by atoms with Crippen molar-refractivity contribution in [3.8, 4) is 0 Å². The molecule has 1 aromatic rings. The third-order valence-corrected chi connectivity index (χ3v) is 5.84. The molecule has 6 nitrogen and oxygen atoms in total. The molecular weight excluding hydrogens is 330 g/mol. The molecule has 8 heteroatoms. The van der Waals surface area contributed by atoms with Gasteiger partial charge < -0.3 is 9.80 Å². The van der Waals surface area contributed by atoms with Gasteiger partial charge in [-0.3, -0.25) is 9.59 Å². The maximum absolute atomic E-state index is 13.0. The second-order valence-electron chi connectivity index (χ2n) is 7.37. The minimum atomic E-state index is -2.68. The molecule has 1 spiro atoms. The first-order valence-corrected chi connectivity index (χ1v) is 8.64. The Bertz CT molecular complexity index is 681. The number of piperidine rings is 1. The molecule has 3 fully saturated rings. The summed E-state index contributed by atoms with van der Waals surface area (Å²) in [6.45, 7) is 1.55. The quantitative estimate of drug-likeness (QED) is 0.817. The number of hydrogen-bond acceptors (Lipinski definition) is 4. The molecule has 0 N–H and O–H groups in total. The molecule has 4 rings (SSSR count). The van der Waals surface area contributed by atoms with Gasteiger partial charge in [0.1, 0.15) is 6.33 Å². The van der Waals surface area contributed by atoms with Crippen molar-refractivity contribution >= 4 is 17.5 Å². The zero-order valence-electron chi connectivity index (χ0n) is 13.8. The Kier molecular flexibility index (Phi) is 3.73. The molecule has 134 valence electrons. The number of likely N-dealkylation sites (tertiary alicyclic amines) is 1. The number of aromatic nitrogens is 2. The van der Waals surface area contributed by atoms with Crippen LogP contribution in [0.5, 0.6) is 0 Å². The van der Waals surface area contributed by atoms with E-state index in [1.165, 1.54) is 6.33 Å². The normalized spacial score (nSPS) is 25.3. The van der Waals surface area contributed by atoms with Gasteiger partial charge >= 0.3 is 0 Å². The Morgan fingerprint density at radius 3 is 2.28 bits per heavy atom. The highest BCUT2D eigenvalue weighted by molar-refractivity contribution is 5.99. The van der Waals surface area contributed by atoms with E-state index in [1.54, 1.807) is 22.2 Å². The minimum Gasteiger partial charge on any atom is -0.342 e. The van der Waals surface area contributed by atoms with Crippen molar-refractivity contribution in [1.82, 2.24) is 14.9 Å². The fourth-order valence-electron chi connectivity index (χ4n) is 4.21. The molecule has 0 radical (unpaired) electrons. The van der Waals surface area contributed by atoms with E-state index in [9.17, 15) is 18.4 Å². The number of halogens is 2. The number of nitrogens with zero attached hydrogens (tertiary/aromatic N) is 4. The van der Waals surface area contributed by atoms with Crippen molar-refractivity contribution in [3.63, 3.8) is 0 Å². The van der Waals surface area contributed by atoms with Crippen LogP contribution in [-0.2, 0) is 9.59 Å². The van der Waals surface area contributed by atoms with Crippen LogP contribution in [0.3, 0.4) is 0 Å². The first-order chi connectivity index (χ1) is 11.9. The van der Waals surface area contributed by atoms with Crippen LogP contribution < -0.4 is 4.90 Å². The van der Waals surface area contributed by atoms with Gasteiger partial charge in [0.2, 0.25) is 17.7 Å². The minimum absolute atomic E-state index is 0.0598. The second-order valence-corrected chi connectivity index (χ2v) is 7.37. The van der Waals surface area contributed by atoms with Gasteiger partial charge in [0.15, 0.2) is 0 Å². The molecule has 2 amide bonds. The first-order valence-electron chi connectivity index (χ1n) is 8.64. The van der Waals surface area contributed by atoms with Gasteiger partial charge in [0, 0.05) is 38.4 Å². The Balaban J connectivity index is 1.38. The molecule has 1 aliphatic carbocycles. The molecule has 0 unspecified atom stereocenters. The molecule has 2 aliphatic heterocycles. The first kappa shape index (κ1) is 16.4. The number of carbonyl (C=O) groups excluding carboxylic acids is 2. The molecular formula is C17H20F2N4O2. The van der Waals surface area contributed by atoms with Crippen molar-refractivity contribution < 1.29 is 18.4 Å². The summed E-state index contributed by atoms with van der Waals surface area (Å²) in [5.74, 6) is -3.36. The highest BCUT2D eigenvalue weighted by Crippen LogP contribution is 2.46. The standard InChI is InChI=1S/C17H20F2N4O2/c18-17(19)7-12(8-17)14(24)22-4-1-16(2-5-22)3-6-23(15(16)25)13-9-20-11-21-10-13/h9-12H,1-8H2. The Morgan fingerprint density at radius 2 is 1.68 bits per heavy atom. The summed E-state index contributed by atoms with van der Waals surface area (Å²) in [6.07, 6.45) is 5.91. The maximum atomic E-state index is 13.0. The summed E-state index contributed by atoms with van der Waals surface area (Å²) in [5.41, 5.74) is 0.246. The van der Waals surface area contributed by atoms with Crippen LogP contribution in [0.15, 0.2) is 18.7 Å². The largest absolute Gasteiger partial charge is 0.342 e. The van der Waals surface area contributed by atoms with E-state index in [0.29, 0.717) is 38.2 Å². The second kappa shape index (κ2) is 5.71. The summed E-state index contributed by atoms with van der Waals surface area (Å²) < 4.78 is 26.0. The Hall–Kier alpha value is -2.12. The monoisotopic (exact) mass is 350 g/mol. The van der Waals surface area contributed by atoms with Gasteiger partial charge in [-0.05, 0) is 19.3 Å². The SMILES string of the molecule is O=C(C1CC(F)(F)C1)N1CCC2(CC1)CCN(c1cncnc1)C2=O. The van der Waals surface area contributed by atoms with Crippen LogP contribution in [0.2, 0.25) is 0 Å². The number of amides is 2. The van der Waals surface area contributed by atoms with Crippen LogP contribution >= 0.6 is 0 Å². The average molecular weight is 350 g/mol. The van der Waals surface area contributed by atoms with E-state index in [0.717, 1.165) is 6.42 Å². The topological polar surface area (TPSA) is 66.4 Å². The van der Waals surface area contributed by atoms with Crippen LogP contribution in [0.1, 0.15) is 32.1 Å². The van der Waals surface area contributed by atoms with Crippen molar-refractivity contribution in [1.29, 1.82) is 0 Å². The molecule has 3 heterocycles. The molecule has 1 saturated carbocycles. The summed E-state index contributed by atoms with van der Waals surface area (Å²) >= 11 is 0. The van der Waals surface area contributed by atoms with E-state index in [2.05, 4.69) is 9.97 Å². The predicted octanol–water partition coefficient (Wildman–Crippen LogP) is 1.87. The fourth-order valence-corrected chi connectivity index (χ4v) is 4.21. The van der Waals surface area contributed by atoms with Crippen molar-refractivity contribution in [2.24, 2.45) is 11.3 Å². The summed E-state index contributed by atoms with van der Waals surface area (Å²) in [6, 6.07) is 0. The molecule has 1 aromatic heterocycles. The van der Waals surface area contributed by atoms with Gasteiger partial charge in [-0.25, -0.2) is 18.7 Å². The number of anilines is 1. The van der Waals surface area contributed by atoms with Crippen molar-refractivity contribution in [2.45, 2.75) is 38.0 Å². The maximum Gasteiger partial charge on any atom is 0.249 e. The van der Waals surface area contributed by atoms with Crippen LogP contribution in [-0.4, -0.2) is 52.2 Å². The van der Waals surface area contributed by atoms with Crippen molar-refractivity contribution in [3.05, 3.63) is 18.7 Å². The molecule has 0 aromatic carbocycles. The molecule has 25 heavy (non-hydrogen) atoms. The smallest absolute Gasteiger partial charge is 0.249 e. The molecule has 3 aliphatic rings. The van der Waals surface area contributed by atoms with Crippen LogP contribution in [0, 0.1) is 11.3 Å². The van der Waals surface area contributed by atoms with Gasteiger partial charge in [-0.1, -0.05) is 0 Å². The third kappa shape index (κ3) is 2.77. The highest BCUT2D eigenvalue weighted by Gasteiger charge is 2.52. The van der Waals surface area contributed by atoms with E-state index in [4.69, 9.17) is 0 Å². The summed E-state index contributed by atoms with van der Waals surface area (Å²) in [7, 11) is 0. The predicted molar refractivity (Wildman–Crippen MR) is 84.9 cm³/mol. The van der Waals surface area contributed by atoms with Crippen LogP contribution in [0.4, 0.5) is 14.5 Å². The molecule has 0 bridgehead atoms. The van der Waals surface area contributed by atoms with Gasteiger partial charge in [-0.15, -0.1) is 0 Å².